The zero-order valence-corrected chi connectivity index (χ0v) is 10.9. The number of carbonyl (C=O) groups excluding carboxylic acids is 1. The predicted molar refractivity (Wildman–Crippen MR) is 66.5 cm³/mol. The van der Waals surface area contributed by atoms with E-state index in [4.69, 9.17) is 4.74 Å². The van der Waals surface area contributed by atoms with Crippen molar-refractivity contribution >= 4 is 5.91 Å². The van der Waals surface area contributed by atoms with Gasteiger partial charge in [0.05, 0.1) is 6.04 Å². The molecular weight excluding hydrogens is 252 g/mol. The van der Waals surface area contributed by atoms with Gasteiger partial charge >= 0.3 is 0 Å². The third-order valence-electron chi connectivity index (χ3n) is 3.33. The maximum atomic E-state index is 13.3. The largest absolute Gasteiger partial charge is 0.372 e. The molecule has 2 rings (SSSR count). The lowest BCUT2D eigenvalue weighted by Gasteiger charge is -2.25. The Kier molecular flexibility index (Phi) is 4.47. The van der Waals surface area contributed by atoms with Crippen molar-refractivity contribution in [2.24, 2.45) is 0 Å². The van der Waals surface area contributed by atoms with E-state index in [1.165, 1.54) is 12.1 Å². The molecule has 0 spiro atoms. The maximum Gasteiger partial charge on any atom is 0.249 e. The minimum atomic E-state index is -0.874. The zero-order chi connectivity index (χ0) is 13.8. The van der Waals surface area contributed by atoms with Crippen LogP contribution in [0, 0.1) is 11.6 Å². The van der Waals surface area contributed by atoms with Crippen molar-refractivity contribution < 1.29 is 18.3 Å². The Morgan fingerprint density at radius 2 is 2.21 bits per heavy atom. The Labute approximate surface area is 111 Å². The van der Waals surface area contributed by atoms with Crippen LogP contribution in [-0.2, 0) is 9.53 Å². The fourth-order valence-corrected chi connectivity index (χ4v) is 2.40. The monoisotopic (exact) mass is 269 g/mol. The molecule has 1 amide bonds. The number of hydrogen-bond acceptors (Lipinski definition) is 2. The molecule has 1 atom stereocenters. The van der Waals surface area contributed by atoms with E-state index in [0.29, 0.717) is 18.7 Å². The minimum Gasteiger partial charge on any atom is -0.372 e. The molecule has 0 saturated carbocycles. The summed E-state index contributed by atoms with van der Waals surface area (Å²) in [5.74, 6) is -1.84. The average molecular weight is 269 g/mol. The van der Waals surface area contributed by atoms with Crippen LogP contribution in [0.2, 0.25) is 0 Å². The molecule has 0 N–H and O–H groups in total. The van der Waals surface area contributed by atoms with Crippen molar-refractivity contribution in [3.05, 3.63) is 35.4 Å². The highest BCUT2D eigenvalue weighted by Gasteiger charge is 2.30. The normalized spacial score (nSPS) is 18.9. The molecular formula is C14H17F2NO2. The maximum absolute atomic E-state index is 13.3. The number of hydrogen-bond donors (Lipinski definition) is 0. The van der Waals surface area contributed by atoms with Gasteiger partial charge in [0.2, 0.25) is 5.91 Å². The van der Waals surface area contributed by atoms with Crippen molar-refractivity contribution in [2.75, 3.05) is 19.8 Å². The van der Waals surface area contributed by atoms with Crippen LogP contribution in [-0.4, -0.2) is 30.6 Å². The first-order valence-corrected chi connectivity index (χ1v) is 6.45. The minimum absolute atomic E-state index is 0.0384. The van der Waals surface area contributed by atoms with Crippen LogP contribution < -0.4 is 0 Å². The molecule has 0 radical (unpaired) electrons. The van der Waals surface area contributed by atoms with Crippen LogP contribution in [0.1, 0.15) is 31.4 Å². The van der Waals surface area contributed by atoms with E-state index in [2.05, 4.69) is 0 Å². The first-order chi connectivity index (χ1) is 9.13. The molecule has 0 aromatic heterocycles. The summed E-state index contributed by atoms with van der Waals surface area (Å²) in [7, 11) is 0. The number of carbonyl (C=O) groups is 1. The van der Waals surface area contributed by atoms with Crippen molar-refractivity contribution in [2.45, 2.75) is 25.8 Å². The number of rotatable bonds is 4. The zero-order valence-electron chi connectivity index (χ0n) is 10.9. The molecule has 19 heavy (non-hydrogen) atoms. The second kappa shape index (κ2) is 6.10. The average Bonchev–Trinajstić information content (AvgIpc) is 2.88. The standard InChI is InChI=1S/C14H17F2NO2/c1-2-19-9-14(18)17-7-3-4-13(17)10-5-6-11(15)12(16)8-10/h5-6,8,13H,2-4,7,9H2,1H3. The van der Waals surface area contributed by atoms with Gasteiger partial charge in [-0.2, -0.15) is 0 Å². The van der Waals surface area contributed by atoms with Crippen LogP contribution in [0.25, 0.3) is 0 Å². The quantitative estimate of drug-likeness (QED) is 0.841. The van der Waals surface area contributed by atoms with Gasteiger partial charge in [-0.05, 0) is 37.5 Å². The Morgan fingerprint density at radius 1 is 1.42 bits per heavy atom. The lowest BCUT2D eigenvalue weighted by atomic mass is 10.0. The van der Waals surface area contributed by atoms with E-state index < -0.39 is 11.6 Å². The highest BCUT2D eigenvalue weighted by molar-refractivity contribution is 5.78. The lowest BCUT2D eigenvalue weighted by Crippen LogP contribution is -2.33. The van der Waals surface area contributed by atoms with Gasteiger partial charge in [0.25, 0.3) is 0 Å². The highest BCUT2D eigenvalue weighted by Crippen LogP contribution is 2.32. The summed E-state index contributed by atoms with van der Waals surface area (Å²) in [4.78, 5) is 13.7. The molecule has 1 saturated heterocycles. The molecule has 3 nitrogen and oxygen atoms in total. The smallest absolute Gasteiger partial charge is 0.249 e. The second-order valence-corrected chi connectivity index (χ2v) is 4.56. The van der Waals surface area contributed by atoms with Gasteiger partial charge in [-0.3, -0.25) is 4.79 Å². The van der Waals surface area contributed by atoms with Gasteiger partial charge in [0.15, 0.2) is 11.6 Å². The summed E-state index contributed by atoms with van der Waals surface area (Å²) < 4.78 is 31.3. The summed E-state index contributed by atoms with van der Waals surface area (Å²) in [6.45, 7) is 2.98. The van der Waals surface area contributed by atoms with Crippen LogP contribution in [0.4, 0.5) is 8.78 Å². The number of benzene rings is 1. The van der Waals surface area contributed by atoms with Crippen LogP contribution >= 0.6 is 0 Å². The fraction of sp³-hybridized carbons (Fsp3) is 0.500. The Morgan fingerprint density at radius 3 is 2.89 bits per heavy atom. The summed E-state index contributed by atoms with van der Waals surface area (Å²) in [5, 5.41) is 0. The van der Waals surface area contributed by atoms with E-state index in [0.717, 1.165) is 18.9 Å². The molecule has 1 aromatic rings. The van der Waals surface area contributed by atoms with Gasteiger partial charge < -0.3 is 9.64 Å². The summed E-state index contributed by atoms with van der Waals surface area (Å²) in [5.41, 5.74) is 0.640. The molecule has 104 valence electrons. The van der Waals surface area contributed by atoms with Crippen LogP contribution in [0.3, 0.4) is 0 Å². The summed E-state index contributed by atoms with van der Waals surface area (Å²) >= 11 is 0. The van der Waals surface area contributed by atoms with Crippen molar-refractivity contribution in [1.82, 2.24) is 4.90 Å². The molecule has 1 aliphatic rings. The SMILES string of the molecule is CCOCC(=O)N1CCCC1c1ccc(F)c(F)c1. The molecule has 1 fully saturated rings. The number of halogens is 2. The van der Waals surface area contributed by atoms with Crippen molar-refractivity contribution in [3.63, 3.8) is 0 Å². The Bertz CT molecular complexity index is 465. The molecule has 5 heteroatoms. The summed E-state index contributed by atoms with van der Waals surface area (Å²) in [6, 6.07) is 3.64. The van der Waals surface area contributed by atoms with Gasteiger partial charge in [-0.1, -0.05) is 6.07 Å². The molecule has 1 heterocycles. The van der Waals surface area contributed by atoms with E-state index in [1.54, 1.807) is 4.90 Å². The number of nitrogens with zero attached hydrogens (tertiary/aromatic N) is 1. The third-order valence-corrected chi connectivity index (χ3v) is 3.33. The van der Waals surface area contributed by atoms with Gasteiger partial charge in [-0.25, -0.2) is 8.78 Å². The fourth-order valence-electron chi connectivity index (χ4n) is 2.40. The van der Waals surface area contributed by atoms with Crippen molar-refractivity contribution in [1.29, 1.82) is 0 Å². The van der Waals surface area contributed by atoms with E-state index in [-0.39, 0.29) is 18.6 Å². The highest BCUT2D eigenvalue weighted by atomic mass is 19.2. The molecule has 0 aliphatic carbocycles. The Balaban J connectivity index is 2.13. The molecule has 1 aliphatic heterocycles. The molecule has 1 aromatic carbocycles. The number of ether oxygens (including phenoxy) is 1. The first kappa shape index (κ1) is 13.9. The van der Waals surface area contributed by atoms with Gasteiger partial charge in [-0.15, -0.1) is 0 Å². The first-order valence-electron chi connectivity index (χ1n) is 6.45. The van der Waals surface area contributed by atoms with E-state index in [1.807, 2.05) is 6.92 Å². The topological polar surface area (TPSA) is 29.5 Å². The summed E-state index contributed by atoms with van der Waals surface area (Å²) in [6.07, 6.45) is 1.63. The molecule has 1 unspecified atom stereocenters. The van der Waals surface area contributed by atoms with Crippen LogP contribution in [0.15, 0.2) is 18.2 Å². The third kappa shape index (κ3) is 3.10. The second-order valence-electron chi connectivity index (χ2n) is 4.56. The van der Waals surface area contributed by atoms with E-state index in [9.17, 15) is 13.6 Å². The molecule has 0 bridgehead atoms. The van der Waals surface area contributed by atoms with Gasteiger partial charge in [0, 0.05) is 13.2 Å². The predicted octanol–water partition coefficient (Wildman–Crippen LogP) is 2.66. The lowest BCUT2D eigenvalue weighted by molar-refractivity contribution is -0.136. The van der Waals surface area contributed by atoms with Crippen LogP contribution in [0.5, 0.6) is 0 Å². The Hall–Kier alpha value is -1.49. The number of likely N-dealkylation sites (tertiary alicyclic amines) is 1. The number of amides is 1. The van der Waals surface area contributed by atoms with E-state index >= 15 is 0 Å². The van der Waals surface area contributed by atoms with Gasteiger partial charge in [0.1, 0.15) is 6.61 Å². The van der Waals surface area contributed by atoms with Crippen molar-refractivity contribution in [3.8, 4) is 0 Å².